The monoisotopic (exact) mass is 433 g/mol. The number of hydrogen-bond donors (Lipinski definition) is 1. The molecule has 1 fully saturated rings. The van der Waals surface area contributed by atoms with E-state index in [-0.39, 0.29) is 11.9 Å². The first kappa shape index (κ1) is 22.0. The summed E-state index contributed by atoms with van der Waals surface area (Å²) in [6, 6.07) is 14.2. The van der Waals surface area contributed by atoms with Crippen LogP contribution in [0.5, 0.6) is 5.75 Å². The number of ether oxygens (including phenoxy) is 1. The van der Waals surface area contributed by atoms with Crippen molar-refractivity contribution in [2.45, 2.75) is 32.7 Å². The molecule has 4 rings (SSSR count). The van der Waals surface area contributed by atoms with E-state index in [4.69, 9.17) is 4.74 Å². The van der Waals surface area contributed by atoms with Crippen LogP contribution in [0.15, 0.2) is 48.7 Å². The Kier molecular flexibility index (Phi) is 6.55. The van der Waals surface area contributed by atoms with Crippen molar-refractivity contribution in [3.63, 3.8) is 0 Å². The van der Waals surface area contributed by atoms with Crippen molar-refractivity contribution in [2.75, 3.05) is 27.2 Å². The molecule has 3 heterocycles. The summed E-state index contributed by atoms with van der Waals surface area (Å²) < 4.78 is 7.09. The van der Waals surface area contributed by atoms with E-state index >= 15 is 0 Å². The minimum Gasteiger partial charge on any atom is -0.497 e. The zero-order valence-corrected chi connectivity index (χ0v) is 19.2. The topological polar surface area (TPSA) is 72.3 Å². The van der Waals surface area contributed by atoms with Crippen LogP contribution in [0, 0.1) is 19.8 Å². The molecule has 2 unspecified atom stereocenters. The molecule has 0 radical (unpaired) electrons. The van der Waals surface area contributed by atoms with Crippen LogP contribution in [0.4, 0.5) is 0 Å². The van der Waals surface area contributed by atoms with Gasteiger partial charge in [-0.05, 0) is 82.1 Å². The molecule has 0 spiro atoms. The molecule has 3 aromatic rings. The highest BCUT2D eigenvalue weighted by Crippen LogP contribution is 2.35. The second-order valence-electron chi connectivity index (χ2n) is 8.55. The summed E-state index contributed by atoms with van der Waals surface area (Å²) in [5.41, 5.74) is 3.76. The SMILES string of the molecule is COc1ccc(C2C(CNC(=O)c3ccc(-n4nc(C)cc4C)nc3)CCCN2C)cc1. The maximum Gasteiger partial charge on any atom is 0.252 e. The van der Waals surface area contributed by atoms with Crippen molar-refractivity contribution >= 4 is 5.91 Å². The number of amides is 1. The van der Waals surface area contributed by atoms with Gasteiger partial charge in [-0.3, -0.25) is 9.69 Å². The van der Waals surface area contributed by atoms with E-state index < -0.39 is 0 Å². The summed E-state index contributed by atoms with van der Waals surface area (Å²) in [7, 11) is 3.84. The third kappa shape index (κ3) is 4.67. The summed E-state index contributed by atoms with van der Waals surface area (Å²) in [6.45, 7) is 5.62. The Labute approximate surface area is 189 Å². The fourth-order valence-electron chi connectivity index (χ4n) is 4.63. The summed E-state index contributed by atoms with van der Waals surface area (Å²) in [5, 5.41) is 7.58. The minimum absolute atomic E-state index is 0.0980. The van der Waals surface area contributed by atoms with Gasteiger partial charge < -0.3 is 10.1 Å². The molecule has 7 nitrogen and oxygen atoms in total. The van der Waals surface area contributed by atoms with Crippen molar-refractivity contribution in [1.82, 2.24) is 25.0 Å². The van der Waals surface area contributed by atoms with E-state index in [0.717, 1.165) is 36.5 Å². The van der Waals surface area contributed by atoms with Gasteiger partial charge >= 0.3 is 0 Å². The lowest BCUT2D eigenvalue weighted by Gasteiger charge is -2.39. The predicted molar refractivity (Wildman–Crippen MR) is 124 cm³/mol. The van der Waals surface area contributed by atoms with Crippen LogP contribution in [0.25, 0.3) is 5.82 Å². The number of aromatic nitrogens is 3. The Morgan fingerprint density at radius 3 is 2.59 bits per heavy atom. The molecule has 1 aliphatic rings. The van der Waals surface area contributed by atoms with Crippen LogP contribution in [0.2, 0.25) is 0 Å². The number of hydrogen-bond acceptors (Lipinski definition) is 5. The molecule has 1 amide bonds. The number of rotatable bonds is 6. The van der Waals surface area contributed by atoms with E-state index in [9.17, 15) is 4.79 Å². The quantitative estimate of drug-likeness (QED) is 0.642. The molecule has 1 saturated heterocycles. The molecule has 2 aromatic heterocycles. The van der Waals surface area contributed by atoms with Gasteiger partial charge in [-0.2, -0.15) is 5.10 Å². The molecular formula is C25H31N5O2. The van der Waals surface area contributed by atoms with Gasteiger partial charge in [0.15, 0.2) is 5.82 Å². The van der Waals surface area contributed by atoms with Gasteiger partial charge in [0.1, 0.15) is 5.75 Å². The molecule has 2 atom stereocenters. The van der Waals surface area contributed by atoms with E-state index in [1.165, 1.54) is 5.56 Å². The zero-order valence-electron chi connectivity index (χ0n) is 19.2. The van der Waals surface area contributed by atoms with Crippen molar-refractivity contribution in [1.29, 1.82) is 0 Å². The summed E-state index contributed by atoms with van der Waals surface area (Å²) in [5.74, 6) is 1.81. The Bertz CT molecular complexity index is 1060. The van der Waals surface area contributed by atoms with Gasteiger partial charge in [0.05, 0.1) is 18.4 Å². The highest BCUT2D eigenvalue weighted by molar-refractivity contribution is 5.93. The first-order chi connectivity index (χ1) is 15.5. The van der Waals surface area contributed by atoms with E-state index in [2.05, 4.69) is 39.5 Å². The number of carbonyl (C=O) groups is 1. The van der Waals surface area contributed by atoms with Crippen LogP contribution in [-0.2, 0) is 0 Å². The van der Waals surface area contributed by atoms with Crippen LogP contribution in [-0.4, -0.2) is 52.8 Å². The molecule has 7 heteroatoms. The minimum atomic E-state index is -0.0980. The number of piperidine rings is 1. The lowest BCUT2D eigenvalue weighted by Crippen LogP contribution is -2.41. The highest BCUT2D eigenvalue weighted by atomic mass is 16.5. The Morgan fingerprint density at radius 1 is 1.19 bits per heavy atom. The van der Waals surface area contributed by atoms with Crippen LogP contribution in [0.1, 0.15) is 46.2 Å². The lowest BCUT2D eigenvalue weighted by molar-refractivity contribution is 0.0891. The number of nitrogens with one attached hydrogen (secondary N) is 1. The molecule has 0 aliphatic carbocycles. The van der Waals surface area contributed by atoms with Gasteiger partial charge in [0.2, 0.25) is 0 Å². The van der Waals surface area contributed by atoms with Gasteiger partial charge in [-0.25, -0.2) is 9.67 Å². The molecule has 1 aliphatic heterocycles. The molecule has 168 valence electrons. The van der Waals surface area contributed by atoms with Gasteiger partial charge in [-0.15, -0.1) is 0 Å². The third-order valence-corrected chi connectivity index (χ3v) is 6.23. The smallest absolute Gasteiger partial charge is 0.252 e. The number of nitrogens with zero attached hydrogens (tertiary/aromatic N) is 4. The van der Waals surface area contributed by atoms with E-state index in [1.807, 2.05) is 44.2 Å². The summed E-state index contributed by atoms with van der Waals surface area (Å²) in [4.78, 5) is 19.6. The van der Waals surface area contributed by atoms with Crippen LogP contribution >= 0.6 is 0 Å². The van der Waals surface area contributed by atoms with Gasteiger partial charge in [0.25, 0.3) is 5.91 Å². The van der Waals surface area contributed by atoms with Crippen molar-refractivity contribution in [3.05, 3.63) is 71.2 Å². The fraction of sp³-hybridized carbons (Fsp3) is 0.400. The molecule has 1 N–H and O–H groups in total. The Hall–Kier alpha value is -3.19. The van der Waals surface area contributed by atoms with E-state index in [1.54, 1.807) is 18.0 Å². The first-order valence-corrected chi connectivity index (χ1v) is 11.1. The maximum absolute atomic E-state index is 12.8. The molecule has 0 bridgehead atoms. The Balaban J connectivity index is 1.43. The number of likely N-dealkylation sites (tertiary alicyclic amines) is 1. The lowest BCUT2D eigenvalue weighted by atomic mass is 9.85. The standard InChI is InChI=1S/C25H31N5O2/c1-17-14-18(2)30(28-17)23-12-9-21(16-26-23)25(31)27-15-20-6-5-13-29(3)24(20)19-7-10-22(32-4)11-8-19/h7-12,14,16,20,24H,5-6,13,15H2,1-4H3,(H,27,31). The van der Waals surface area contributed by atoms with Crippen molar-refractivity contribution in [2.24, 2.45) is 5.92 Å². The predicted octanol–water partition coefficient (Wildman–Crippen LogP) is 3.71. The number of aryl methyl sites for hydroxylation is 2. The first-order valence-electron chi connectivity index (χ1n) is 11.1. The van der Waals surface area contributed by atoms with Gasteiger partial charge in [0, 0.05) is 24.5 Å². The number of benzene rings is 1. The number of pyridine rings is 1. The van der Waals surface area contributed by atoms with Crippen LogP contribution in [0.3, 0.4) is 0 Å². The normalized spacial score (nSPS) is 19.0. The molecule has 1 aromatic carbocycles. The van der Waals surface area contributed by atoms with Crippen LogP contribution < -0.4 is 10.1 Å². The summed E-state index contributed by atoms with van der Waals surface area (Å²) in [6.07, 6.45) is 3.83. The molecule has 32 heavy (non-hydrogen) atoms. The summed E-state index contributed by atoms with van der Waals surface area (Å²) >= 11 is 0. The van der Waals surface area contributed by atoms with Crippen molar-refractivity contribution < 1.29 is 9.53 Å². The second kappa shape index (κ2) is 9.53. The maximum atomic E-state index is 12.8. The number of carbonyl (C=O) groups excluding carboxylic acids is 1. The zero-order chi connectivity index (χ0) is 22.7. The second-order valence-corrected chi connectivity index (χ2v) is 8.55. The average Bonchev–Trinajstić information content (AvgIpc) is 3.15. The molecule has 0 saturated carbocycles. The average molecular weight is 434 g/mol. The largest absolute Gasteiger partial charge is 0.497 e. The van der Waals surface area contributed by atoms with E-state index in [0.29, 0.717) is 23.8 Å². The number of methoxy groups -OCH3 is 1. The molecular weight excluding hydrogens is 402 g/mol. The van der Waals surface area contributed by atoms with Gasteiger partial charge in [-0.1, -0.05) is 12.1 Å². The highest BCUT2D eigenvalue weighted by Gasteiger charge is 2.30. The Morgan fingerprint density at radius 2 is 1.97 bits per heavy atom. The fourth-order valence-corrected chi connectivity index (χ4v) is 4.63. The van der Waals surface area contributed by atoms with Crippen molar-refractivity contribution in [3.8, 4) is 11.6 Å². The third-order valence-electron chi connectivity index (χ3n) is 6.23.